The van der Waals surface area contributed by atoms with Crippen LogP contribution in [0.25, 0.3) is 0 Å². The van der Waals surface area contributed by atoms with Gasteiger partial charge >= 0.3 is 6.03 Å². The summed E-state index contributed by atoms with van der Waals surface area (Å²) < 4.78 is 13.2. The molecule has 0 atom stereocenters. The molecule has 3 amide bonds. The van der Waals surface area contributed by atoms with Gasteiger partial charge in [-0.25, -0.2) is 9.18 Å². The highest BCUT2D eigenvalue weighted by atomic mass is 19.1. The zero-order valence-electron chi connectivity index (χ0n) is 11.0. The Morgan fingerprint density at radius 1 is 1.32 bits per heavy atom. The van der Waals surface area contributed by atoms with Gasteiger partial charge < -0.3 is 10.6 Å². The van der Waals surface area contributed by atoms with Crippen molar-refractivity contribution in [2.75, 3.05) is 18.4 Å². The van der Waals surface area contributed by atoms with Gasteiger partial charge in [-0.3, -0.25) is 10.1 Å². The number of rotatable bonds is 5. The van der Waals surface area contributed by atoms with Crippen molar-refractivity contribution in [3.63, 3.8) is 0 Å². The van der Waals surface area contributed by atoms with Crippen molar-refractivity contribution in [3.05, 3.63) is 29.6 Å². The average Bonchev–Trinajstić information content (AvgIpc) is 2.38. The molecular formula is C13H18FN3O2. The Bertz CT molecular complexity index is 463. The standard InChI is InChI=1S/C13H18FN3O2/c1-3-6-15-13(19)17-12(18)8-16-10-5-4-9(2)11(14)7-10/h4-5,7,16H,3,6,8H2,1-2H3,(H2,15,17,18,19). The van der Waals surface area contributed by atoms with Crippen LogP contribution in [0, 0.1) is 12.7 Å². The van der Waals surface area contributed by atoms with Crippen LogP contribution in [0.2, 0.25) is 0 Å². The molecule has 1 aromatic rings. The fourth-order valence-electron chi connectivity index (χ4n) is 1.34. The van der Waals surface area contributed by atoms with E-state index in [1.807, 2.05) is 6.92 Å². The van der Waals surface area contributed by atoms with Crippen LogP contribution in [0.1, 0.15) is 18.9 Å². The quantitative estimate of drug-likeness (QED) is 0.761. The van der Waals surface area contributed by atoms with E-state index in [1.54, 1.807) is 19.1 Å². The van der Waals surface area contributed by atoms with Crippen LogP contribution < -0.4 is 16.0 Å². The maximum Gasteiger partial charge on any atom is 0.321 e. The van der Waals surface area contributed by atoms with Gasteiger partial charge in [-0.15, -0.1) is 0 Å². The van der Waals surface area contributed by atoms with Crippen LogP contribution in [-0.4, -0.2) is 25.0 Å². The highest BCUT2D eigenvalue weighted by Gasteiger charge is 2.07. The predicted molar refractivity (Wildman–Crippen MR) is 71.5 cm³/mol. The minimum atomic E-state index is -0.524. The van der Waals surface area contributed by atoms with Gasteiger partial charge in [0.15, 0.2) is 0 Å². The maximum atomic E-state index is 13.2. The van der Waals surface area contributed by atoms with Gasteiger partial charge in [0.1, 0.15) is 5.82 Å². The van der Waals surface area contributed by atoms with Crippen molar-refractivity contribution in [2.24, 2.45) is 0 Å². The lowest BCUT2D eigenvalue weighted by Crippen LogP contribution is -2.42. The van der Waals surface area contributed by atoms with Crippen molar-refractivity contribution < 1.29 is 14.0 Å². The number of carbonyl (C=O) groups is 2. The fraction of sp³-hybridized carbons (Fsp3) is 0.385. The lowest BCUT2D eigenvalue weighted by atomic mass is 10.2. The van der Waals surface area contributed by atoms with E-state index >= 15 is 0 Å². The average molecular weight is 267 g/mol. The summed E-state index contributed by atoms with van der Waals surface area (Å²) in [5, 5.41) is 7.43. The SMILES string of the molecule is CCCNC(=O)NC(=O)CNc1ccc(C)c(F)c1. The highest BCUT2D eigenvalue weighted by molar-refractivity contribution is 5.96. The molecular weight excluding hydrogens is 249 g/mol. The highest BCUT2D eigenvalue weighted by Crippen LogP contribution is 2.12. The second-order valence-corrected chi connectivity index (χ2v) is 4.12. The molecule has 0 saturated carbocycles. The molecule has 1 aromatic carbocycles. The number of benzene rings is 1. The normalized spacial score (nSPS) is 9.84. The molecule has 3 N–H and O–H groups in total. The van der Waals surface area contributed by atoms with E-state index in [4.69, 9.17) is 0 Å². The number of nitrogens with one attached hydrogen (secondary N) is 3. The molecule has 0 radical (unpaired) electrons. The summed E-state index contributed by atoms with van der Waals surface area (Å²) in [4.78, 5) is 22.6. The zero-order chi connectivity index (χ0) is 14.3. The Hall–Kier alpha value is -2.11. The van der Waals surface area contributed by atoms with E-state index in [0.29, 0.717) is 17.8 Å². The first-order valence-corrected chi connectivity index (χ1v) is 6.10. The largest absolute Gasteiger partial charge is 0.376 e. The molecule has 0 aromatic heterocycles. The fourth-order valence-corrected chi connectivity index (χ4v) is 1.34. The number of imide groups is 1. The van der Waals surface area contributed by atoms with Crippen molar-refractivity contribution in [1.82, 2.24) is 10.6 Å². The van der Waals surface area contributed by atoms with Crippen LogP contribution in [0.4, 0.5) is 14.9 Å². The molecule has 0 spiro atoms. The molecule has 104 valence electrons. The molecule has 0 unspecified atom stereocenters. The van der Waals surface area contributed by atoms with Crippen molar-refractivity contribution in [1.29, 1.82) is 0 Å². The zero-order valence-corrected chi connectivity index (χ0v) is 11.0. The third-order valence-corrected chi connectivity index (χ3v) is 2.41. The number of urea groups is 1. The van der Waals surface area contributed by atoms with Gasteiger partial charge in [0.25, 0.3) is 0 Å². The summed E-state index contributed by atoms with van der Waals surface area (Å²) in [7, 11) is 0. The van der Waals surface area contributed by atoms with Crippen LogP contribution in [-0.2, 0) is 4.79 Å². The Morgan fingerprint density at radius 3 is 2.68 bits per heavy atom. The first kappa shape index (κ1) is 14.9. The van der Waals surface area contributed by atoms with E-state index in [0.717, 1.165) is 6.42 Å². The second kappa shape index (κ2) is 7.35. The third-order valence-electron chi connectivity index (χ3n) is 2.41. The summed E-state index contributed by atoms with van der Waals surface area (Å²) >= 11 is 0. The van der Waals surface area contributed by atoms with E-state index in [2.05, 4.69) is 16.0 Å². The Kier molecular flexibility index (Phi) is 5.78. The molecule has 0 aliphatic rings. The monoisotopic (exact) mass is 267 g/mol. The number of amides is 3. The van der Waals surface area contributed by atoms with E-state index in [1.165, 1.54) is 6.07 Å². The maximum absolute atomic E-state index is 13.2. The molecule has 0 saturated heterocycles. The van der Waals surface area contributed by atoms with Gasteiger partial charge in [-0.05, 0) is 31.0 Å². The van der Waals surface area contributed by atoms with Gasteiger partial charge in [-0.2, -0.15) is 0 Å². The lowest BCUT2D eigenvalue weighted by molar-refractivity contribution is -0.118. The molecule has 0 bridgehead atoms. The number of halogens is 1. The van der Waals surface area contributed by atoms with Crippen molar-refractivity contribution in [3.8, 4) is 0 Å². The molecule has 0 fully saturated rings. The van der Waals surface area contributed by atoms with E-state index in [-0.39, 0.29) is 12.4 Å². The van der Waals surface area contributed by atoms with Gasteiger partial charge in [0.05, 0.1) is 6.54 Å². The molecule has 5 nitrogen and oxygen atoms in total. The summed E-state index contributed by atoms with van der Waals surface area (Å²) in [6.45, 7) is 3.98. The first-order valence-electron chi connectivity index (χ1n) is 6.10. The number of hydrogen-bond donors (Lipinski definition) is 3. The first-order chi connectivity index (χ1) is 9.02. The third kappa shape index (κ3) is 5.37. The van der Waals surface area contributed by atoms with Gasteiger partial charge in [-0.1, -0.05) is 13.0 Å². The topological polar surface area (TPSA) is 70.2 Å². The van der Waals surface area contributed by atoms with Crippen LogP contribution in [0.15, 0.2) is 18.2 Å². The smallest absolute Gasteiger partial charge is 0.321 e. The van der Waals surface area contributed by atoms with E-state index in [9.17, 15) is 14.0 Å². The summed E-state index contributed by atoms with van der Waals surface area (Å²) in [5.41, 5.74) is 1.03. The van der Waals surface area contributed by atoms with Crippen molar-refractivity contribution in [2.45, 2.75) is 20.3 Å². The molecule has 1 rings (SSSR count). The van der Waals surface area contributed by atoms with E-state index < -0.39 is 11.9 Å². The number of carbonyl (C=O) groups excluding carboxylic acids is 2. The predicted octanol–water partition coefficient (Wildman–Crippen LogP) is 1.78. The molecule has 6 heteroatoms. The Labute approximate surface area is 111 Å². The van der Waals surface area contributed by atoms with Gasteiger partial charge in [0, 0.05) is 12.2 Å². The van der Waals surface area contributed by atoms with Gasteiger partial charge in [0.2, 0.25) is 5.91 Å². The minimum absolute atomic E-state index is 0.0952. The van der Waals surface area contributed by atoms with Crippen LogP contribution in [0.5, 0.6) is 0 Å². The number of aryl methyl sites for hydroxylation is 1. The number of hydrogen-bond acceptors (Lipinski definition) is 3. The van der Waals surface area contributed by atoms with Crippen molar-refractivity contribution >= 4 is 17.6 Å². The van der Waals surface area contributed by atoms with Crippen LogP contribution in [0.3, 0.4) is 0 Å². The summed E-state index contributed by atoms with van der Waals surface area (Å²) in [6, 6.07) is 4.07. The summed E-state index contributed by atoms with van der Waals surface area (Å²) in [6.07, 6.45) is 0.794. The second-order valence-electron chi connectivity index (χ2n) is 4.12. The molecule has 0 heterocycles. The molecule has 0 aliphatic heterocycles. The Balaban J connectivity index is 2.37. The number of anilines is 1. The minimum Gasteiger partial charge on any atom is -0.376 e. The summed E-state index contributed by atoms with van der Waals surface area (Å²) in [5.74, 6) is -0.819. The lowest BCUT2D eigenvalue weighted by Gasteiger charge is -2.08. The Morgan fingerprint density at radius 2 is 2.05 bits per heavy atom. The van der Waals surface area contributed by atoms with Crippen LogP contribution >= 0.6 is 0 Å². The molecule has 0 aliphatic carbocycles. The molecule has 19 heavy (non-hydrogen) atoms.